The number of carbonyl (C=O) groups excluding carboxylic acids is 1. The molecule has 0 fully saturated rings. The van der Waals surface area contributed by atoms with E-state index >= 15 is 0 Å². The van der Waals surface area contributed by atoms with Crippen LogP contribution in [0.2, 0.25) is 0 Å². The Kier molecular flexibility index (Phi) is 19.8. The minimum Gasteiger partial charge on any atom is -0.355 e. The highest BCUT2D eigenvalue weighted by atomic mass is 16.5. The largest absolute Gasteiger partial charge is 0.355 e. The van der Waals surface area contributed by atoms with Gasteiger partial charge >= 0.3 is 0 Å². The van der Waals surface area contributed by atoms with Crippen LogP contribution in [0.5, 0.6) is 0 Å². The van der Waals surface area contributed by atoms with Crippen LogP contribution in [0.4, 0.5) is 0 Å². The summed E-state index contributed by atoms with van der Waals surface area (Å²) in [5, 5.41) is 13.3. The van der Waals surface area contributed by atoms with Gasteiger partial charge in [0.05, 0.1) is 0 Å². The van der Waals surface area contributed by atoms with E-state index in [9.17, 15) is 10.0 Å². The highest BCUT2D eigenvalue weighted by Gasteiger charge is 2.02. The number of unbranched alkanes of at least 4 members (excludes halogenated alkanes) is 11. The van der Waals surface area contributed by atoms with E-state index in [4.69, 9.17) is 0 Å². The minimum absolute atomic E-state index is 0.104. The lowest BCUT2D eigenvalue weighted by Gasteiger charge is -2.12. The number of hydroxylamine groups is 2. The predicted molar refractivity (Wildman–Crippen MR) is 111 cm³/mol. The van der Waals surface area contributed by atoms with Gasteiger partial charge in [0.25, 0.3) is 0 Å². The molecular formula is C22H44N2O2. The van der Waals surface area contributed by atoms with Gasteiger partial charge in [0, 0.05) is 26.1 Å². The fraction of sp³-hybridized carbons (Fsp3) is 0.864. The first-order valence-corrected chi connectivity index (χ1v) is 11.1. The first-order valence-electron chi connectivity index (χ1n) is 11.1. The van der Waals surface area contributed by atoms with Crippen LogP contribution < -0.4 is 5.32 Å². The Hall–Kier alpha value is -0.870. The summed E-state index contributed by atoms with van der Waals surface area (Å²) in [4.78, 5) is 11.6. The summed E-state index contributed by atoms with van der Waals surface area (Å²) in [6, 6.07) is 0. The van der Waals surface area contributed by atoms with Crippen molar-refractivity contribution in [3.8, 4) is 0 Å². The molecule has 0 saturated carbocycles. The molecule has 0 spiro atoms. The number of nitrogens with one attached hydrogen (secondary N) is 1. The maximum atomic E-state index is 11.6. The van der Waals surface area contributed by atoms with E-state index in [0.717, 1.165) is 12.8 Å². The molecule has 0 aromatic heterocycles. The molecule has 0 bridgehead atoms. The van der Waals surface area contributed by atoms with Crippen molar-refractivity contribution >= 4 is 5.91 Å². The zero-order chi connectivity index (χ0) is 19.3. The lowest BCUT2D eigenvalue weighted by atomic mass is 10.1. The molecular weight excluding hydrogens is 324 g/mol. The molecule has 154 valence electrons. The van der Waals surface area contributed by atoms with E-state index in [0.29, 0.717) is 26.1 Å². The van der Waals surface area contributed by atoms with Crippen molar-refractivity contribution in [1.29, 1.82) is 0 Å². The fourth-order valence-electron chi connectivity index (χ4n) is 2.93. The molecule has 0 radical (unpaired) electrons. The average molecular weight is 369 g/mol. The molecule has 0 aromatic rings. The minimum atomic E-state index is 0.104. The number of carbonyl (C=O) groups is 1. The van der Waals surface area contributed by atoms with Gasteiger partial charge in [-0.2, -0.15) is 5.06 Å². The molecule has 0 rings (SSSR count). The summed E-state index contributed by atoms with van der Waals surface area (Å²) >= 11 is 0. The summed E-state index contributed by atoms with van der Waals surface area (Å²) in [6.07, 6.45) is 21.9. The third-order valence-electron chi connectivity index (χ3n) is 4.72. The number of allylic oxidation sites excluding steroid dienone is 2. The summed E-state index contributed by atoms with van der Waals surface area (Å²) in [7, 11) is 0. The van der Waals surface area contributed by atoms with Crippen molar-refractivity contribution in [3.63, 3.8) is 0 Å². The van der Waals surface area contributed by atoms with Crippen LogP contribution in [-0.2, 0) is 4.79 Å². The van der Waals surface area contributed by atoms with Gasteiger partial charge in [-0.25, -0.2) is 0 Å². The molecule has 0 unspecified atom stereocenters. The van der Waals surface area contributed by atoms with Crippen LogP contribution in [0.25, 0.3) is 0 Å². The van der Waals surface area contributed by atoms with Gasteiger partial charge in [-0.3, -0.25) is 4.79 Å². The smallest absolute Gasteiger partial charge is 0.220 e. The first-order chi connectivity index (χ1) is 12.7. The van der Waals surface area contributed by atoms with Crippen molar-refractivity contribution < 1.29 is 10.0 Å². The van der Waals surface area contributed by atoms with Crippen LogP contribution in [-0.4, -0.2) is 35.8 Å². The van der Waals surface area contributed by atoms with E-state index in [1.54, 1.807) is 0 Å². The lowest BCUT2D eigenvalue weighted by Crippen LogP contribution is -2.33. The van der Waals surface area contributed by atoms with Gasteiger partial charge in [-0.1, -0.05) is 77.4 Å². The highest BCUT2D eigenvalue weighted by Crippen LogP contribution is 2.09. The molecule has 4 heteroatoms. The first kappa shape index (κ1) is 25.1. The Morgan fingerprint density at radius 3 is 1.96 bits per heavy atom. The third-order valence-corrected chi connectivity index (χ3v) is 4.72. The zero-order valence-corrected chi connectivity index (χ0v) is 17.5. The Balaban J connectivity index is 3.23. The maximum Gasteiger partial charge on any atom is 0.220 e. The lowest BCUT2D eigenvalue weighted by molar-refractivity contribution is -0.122. The quantitative estimate of drug-likeness (QED) is 0.171. The summed E-state index contributed by atoms with van der Waals surface area (Å²) in [5.41, 5.74) is 0. The molecule has 0 aliphatic rings. The average Bonchev–Trinajstić information content (AvgIpc) is 2.64. The molecule has 26 heavy (non-hydrogen) atoms. The highest BCUT2D eigenvalue weighted by molar-refractivity contribution is 5.75. The summed E-state index contributed by atoms with van der Waals surface area (Å²) in [6.45, 7) is 5.75. The molecule has 0 aromatic carbocycles. The van der Waals surface area contributed by atoms with E-state index in [1.807, 2.05) is 6.92 Å². The van der Waals surface area contributed by atoms with E-state index < -0.39 is 0 Å². The van der Waals surface area contributed by atoms with Crippen molar-refractivity contribution in [3.05, 3.63) is 12.2 Å². The number of rotatable bonds is 19. The van der Waals surface area contributed by atoms with Crippen molar-refractivity contribution in [2.24, 2.45) is 0 Å². The van der Waals surface area contributed by atoms with Crippen LogP contribution in [0.15, 0.2) is 12.2 Å². The number of amides is 1. The van der Waals surface area contributed by atoms with Gasteiger partial charge in [-0.05, 0) is 32.1 Å². The maximum absolute atomic E-state index is 11.6. The number of hydrogen-bond donors (Lipinski definition) is 2. The molecule has 0 saturated heterocycles. The van der Waals surface area contributed by atoms with Crippen LogP contribution >= 0.6 is 0 Å². The van der Waals surface area contributed by atoms with Crippen LogP contribution in [0.1, 0.15) is 104 Å². The fourth-order valence-corrected chi connectivity index (χ4v) is 2.93. The molecule has 2 N–H and O–H groups in total. The Labute approximate surface area is 162 Å². The second kappa shape index (κ2) is 20.4. The number of hydrogen-bond acceptors (Lipinski definition) is 3. The second-order valence-corrected chi connectivity index (χ2v) is 7.23. The van der Waals surface area contributed by atoms with E-state index in [-0.39, 0.29) is 5.91 Å². The summed E-state index contributed by atoms with van der Waals surface area (Å²) in [5.74, 6) is 0.104. The Morgan fingerprint density at radius 2 is 1.38 bits per heavy atom. The van der Waals surface area contributed by atoms with Crippen LogP contribution in [0, 0.1) is 0 Å². The molecule has 4 nitrogen and oxygen atoms in total. The molecule has 1 amide bonds. The molecule has 0 atom stereocenters. The monoisotopic (exact) mass is 368 g/mol. The Bertz CT molecular complexity index is 332. The van der Waals surface area contributed by atoms with Gasteiger partial charge < -0.3 is 10.5 Å². The zero-order valence-electron chi connectivity index (χ0n) is 17.5. The number of likely N-dealkylation sites (N-methyl/N-ethyl adjacent to an activating group) is 1. The molecule has 0 heterocycles. The van der Waals surface area contributed by atoms with Gasteiger partial charge in [0.15, 0.2) is 0 Å². The topological polar surface area (TPSA) is 52.6 Å². The molecule has 0 aliphatic heterocycles. The SMILES string of the molecule is CCCCCCCCC=CCCCCCCCC(=O)NCCN(O)CC. The normalized spacial score (nSPS) is 11.5. The van der Waals surface area contributed by atoms with Crippen LogP contribution in [0.3, 0.4) is 0 Å². The predicted octanol–water partition coefficient (Wildman–Crippen LogP) is 5.85. The van der Waals surface area contributed by atoms with Crippen molar-refractivity contribution in [2.75, 3.05) is 19.6 Å². The Morgan fingerprint density at radius 1 is 0.846 bits per heavy atom. The standard InChI is InChI=1S/C22H44N2O2/c1-3-5-6-7-8-9-10-11-12-13-14-15-16-17-18-19-22(25)23-20-21-24(26)4-2/h11-12,26H,3-10,13-21H2,1-2H3,(H,23,25). The van der Waals surface area contributed by atoms with Gasteiger partial charge in [-0.15, -0.1) is 0 Å². The second-order valence-electron chi connectivity index (χ2n) is 7.23. The van der Waals surface area contributed by atoms with Crippen molar-refractivity contribution in [1.82, 2.24) is 10.4 Å². The van der Waals surface area contributed by atoms with Crippen molar-refractivity contribution in [2.45, 2.75) is 104 Å². The van der Waals surface area contributed by atoms with Gasteiger partial charge in [0.1, 0.15) is 0 Å². The number of nitrogens with zero attached hydrogens (tertiary/aromatic N) is 1. The van der Waals surface area contributed by atoms with Gasteiger partial charge in [0.2, 0.25) is 5.91 Å². The van der Waals surface area contributed by atoms with E-state index in [2.05, 4.69) is 24.4 Å². The third kappa shape index (κ3) is 19.5. The molecule has 0 aliphatic carbocycles. The van der Waals surface area contributed by atoms with E-state index in [1.165, 1.54) is 75.7 Å². The summed E-state index contributed by atoms with van der Waals surface area (Å²) < 4.78 is 0.